The zero-order chi connectivity index (χ0) is 16.5. The molecule has 0 fully saturated rings. The van der Waals surface area contributed by atoms with Gasteiger partial charge in [-0.3, -0.25) is 10.1 Å². The molecule has 0 spiro atoms. The van der Waals surface area contributed by atoms with E-state index in [9.17, 15) is 9.59 Å². The van der Waals surface area contributed by atoms with Gasteiger partial charge in [0.05, 0.1) is 5.69 Å². The number of benzene rings is 1. The SMILES string of the molecule is CN1C(=O)C(NC(=O)OC(C)(C)C)N=C(Cl)c2ccccc21. The van der Waals surface area contributed by atoms with E-state index in [1.54, 1.807) is 52.1 Å². The number of aliphatic imine (C=N–C) groups is 1. The third-order valence-corrected chi connectivity index (χ3v) is 3.25. The first-order chi connectivity index (χ1) is 10.2. The number of para-hydroxylation sites is 1. The van der Waals surface area contributed by atoms with Crippen LogP contribution in [0.4, 0.5) is 10.5 Å². The minimum atomic E-state index is -1.13. The molecule has 1 unspecified atom stereocenters. The number of benzodiazepines with no additional fused rings is 1. The molecule has 0 radical (unpaired) electrons. The van der Waals surface area contributed by atoms with E-state index in [1.165, 1.54) is 4.90 Å². The molecule has 2 amide bonds. The van der Waals surface area contributed by atoms with Crippen LogP contribution in [0.3, 0.4) is 0 Å². The second-order valence-corrected chi connectivity index (χ2v) is 6.24. The van der Waals surface area contributed by atoms with Crippen LogP contribution >= 0.6 is 11.6 Å². The maximum Gasteiger partial charge on any atom is 0.409 e. The lowest BCUT2D eigenvalue weighted by Gasteiger charge is -2.23. The smallest absolute Gasteiger partial charge is 0.409 e. The molecule has 0 saturated heterocycles. The van der Waals surface area contributed by atoms with Crippen molar-refractivity contribution in [1.29, 1.82) is 0 Å². The van der Waals surface area contributed by atoms with Crippen LogP contribution in [0.1, 0.15) is 26.3 Å². The maximum absolute atomic E-state index is 12.4. The number of nitrogens with zero attached hydrogens (tertiary/aromatic N) is 2. The number of amides is 2. The molecule has 1 aromatic rings. The summed E-state index contributed by atoms with van der Waals surface area (Å²) >= 11 is 6.17. The highest BCUT2D eigenvalue weighted by molar-refractivity contribution is 6.70. The van der Waals surface area contributed by atoms with Gasteiger partial charge in [0.2, 0.25) is 6.17 Å². The predicted molar refractivity (Wildman–Crippen MR) is 85.4 cm³/mol. The van der Waals surface area contributed by atoms with Crippen molar-refractivity contribution in [3.05, 3.63) is 29.8 Å². The molecule has 1 aliphatic heterocycles. The van der Waals surface area contributed by atoms with Crippen LogP contribution in [0, 0.1) is 0 Å². The normalized spacial score (nSPS) is 18.2. The van der Waals surface area contributed by atoms with Crippen LogP contribution in [0.5, 0.6) is 0 Å². The Morgan fingerprint density at radius 1 is 1.36 bits per heavy atom. The van der Waals surface area contributed by atoms with E-state index in [2.05, 4.69) is 10.3 Å². The summed E-state index contributed by atoms with van der Waals surface area (Å²) in [5, 5.41) is 2.60. The highest BCUT2D eigenvalue weighted by Crippen LogP contribution is 2.25. The molecular weight excluding hydrogens is 306 g/mol. The van der Waals surface area contributed by atoms with Gasteiger partial charge in [0.15, 0.2) is 0 Å². The number of ether oxygens (including phenoxy) is 1. The molecule has 0 aromatic heterocycles. The van der Waals surface area contributed by atoms with Gasteiger partial charge in [-0.05, 0) is 32.9 Å². The third-order valence-electron chi connectivity index (χ3n) is 2.95. The van der Waals surface area contributed by atoms with Crippen molar-refractivity contribution in [2.24, 2.45) is 4.99 Å². The van der Waals surface area contributed by atoms with Crippen molar-refractivity contribution < 1.29 is 14.3 Å². The lowest BCUT2D eigenvalue weighted by atomic mass is 10.2. The third kappa shape index (κ3) is 3.57. The number of hydrogen-bond acceptors (Lipinski definition) is 4. The summed E-state index contributed by atoms with van der Waals surface area (Å²) < 4.78 is 5.14. The van der Waals surface area contributed by atoms with Crippen LogP contribution in [0.25, 0.3) is 0 Å². The highest BCUT2D eigenvalue weighted by Gasteiger charge is 2.31. The fourth-order valence-electron chi connectivity index (χ4n) is 1.99. The molecule has 0 aliphatic carbocycles. The quantitative estimate of drug-likeness (QED) is 0.863. The number of anilines is 1. The number of halogens is 1. The van der Waals surface area contributed by atoms with Crippen LogP contribution in [-0.2, 0) is 9.53 Å². The van der Waals surface area contributed by atoms with Crippen molar-refractivity contribution in [3.63, 3.8) is 0 Å². The molecule has 0 bridgehead atoms. The lowest BCUT2D eigenvalue weighted by Crippen LogP contribution is -2.47. The van der Waals surface area contributed by atoms with Crippen molar-refractivity contribution in [2.45, 2.75) is 32.5 Å². The first kappa shape index (κ1) is 16.3. The van der Waals surface area contributed by atoms with E-state index in [0.717, 1.165) is 0 Å². The Labute approximate surface area is 134 Å². The van der Waals surface area contributed by atoms with E-state index in [-0.39, 0.29) is 5.17 Å². The molecule has 1 aromatic carbocycles. The van der Waals surface area contributed by atoms with Crippen LogP contribution in [0.2, 0.25) is 0 Å². The number of carbonyl (C=O) groups excluding carboxylic acids is 2. The highest BCUT2D eigenvalue weighted by atomic mass is 35.5. The Bertz CT molecular complexity index is 637. The zero-order valence-electron chi connectivity index (χ0n) is 12.9. The van der Waals surface area contributed by atoms with E-state index in [1.807, 2.05) is 0 Å². The molecule has 1 aliphatic rings. The van der Waals surface area contributed by atoms with E-state index in [0.29, 0.717) is 11.3 Å². The van der Waals surface area contributed by atoms with Crippen LogP contribution in [0.15, 0.2) is 29.3 Å². The number of rotatable bonds is 1. The molecule has 1 atom stereocenters. The molecule has 7 heteroatoms. The van der Waals surface area contributed by atoms with E-state index in [4.69, 9.17) is 16.3 Å². The summed E-state index contributed by atoms with van der Waals surface area (Å²) in [6, 6.07) is 7.13. The molecular formula is C15H18ClN3O3. The molecule has 1 heterocycles. The number of fused-ring (bicyclic) bond motifs is 1. The zero-order valence-corrected chi connectivity index (χ0v) is 13.6. The Kier molecular flexibility index (Phi) is 4.42. The van der Waals surface area contributed by atoms with Gasteiger partial charge in [0.1, 0.15) is 10.8 Å². The standard InChI is InChI=1S/C15H18ClN3O3/c1-15(2,3)22-14(21)18-12-13(20)19(4)10-8-6-5-7-9(10)11(16)17-12/h5-8,12H,1-4H3,(H,18,21). The lowest BCUT2D eigenvalue weighted by molar-refractivity contribution is -0.120. The Hall–Kier alpha value is -2.08. The Morgan fingerprint density at radius 3 is 2.64 bits per heavy atom. The average Bonchev–Trinajstić information content (AvgIpc) is 2.49. The largest absolute Gasteiger partial charge is 0.444 e. The summed E-state index contributed by atoms with van der Waals surface area (Å²) in [6.07, 6.45) is -1.85. The fraction of sp³-hybridized carbons (Fsp3) is 0.400. The summed E-state index contributed by atoms with van der Waals surface area (Å²) in [5.41, 5.74) is 0.600. The van der Waals surface area contributed by atoms with E-state index < -0.39 is 23.8 Å². The molecule has 1 N–H and O–H groups in total. The second kappa shape index (κ2) is 5.96. The van der Waals surface area contributed by atoms with Gasteiger partial charge in [-0.1, -0.05) is 23.7 Å². The van der Waals surface area contributed by atoms with Gasteiger partial charge >= 0.3 is 6.09 Å². The summed E-state index contributed by atoms with van der Waals surface area (Å²) in [5.74, 6) is -0.394. The molecule has 2 rings (SSSR count). The number of likely N-dealkylation sites (N-methyl/N-ethyl adjacent to an activating group) is 1. The van der Waals surface area contributed by atoms with Gasteiger partial charge in [0.25, 0.3) is 5.91 Å². The van der Waals surface area contributed by atoms with Crippen molar-refractivity contribution in [2.75, 3.05) is 11.9 Å². The molecule has 6 nitrogen and oxygen atoms in total. The summed E-state index contributed by atoms with van der Waals surface area (Å²) in [4.78, 5) is 29.8. The van der Waals surface area contributed by atoms with Crippen molar-refractivity contribution in [1.82, 2.24) is 5.32 Å². The predicted octanol–water partition coefficient (Wildman–Crippen LogP) is 2.50. The van der Waals surface area contributed by atoms with Crippen LogP contribution < -0.4 is 10.2 Å². The summed E-state index contributed by atoms with van der Waals surface area (Å²) in [7, 11) is 1.61. The van der Waals surface area contributed by atoms with Gasteiger partial charge in [-0.2, -0.15) is 0 Å². The van der Waals surface area contributed by atoms with Gasteiger partial charge in [-0.25, -0.2) is 9.79 Å². The minimum absolute atomic E-state index is 0.161. The average molecular weight is 324 g/mol. The second-order valence-electron chi connectivity index (χ2n) is 5.88. The topological polar surface area (TPSA) is 71.0 Å². The van der Waals surface area contributed by atoms with Gasteiger partial charge in [0, 0.05) is 12.6 Å². The number of alkyl carbamates (subject to hydrolysis) is 1. The van der Waals surface area contributed by atoms with Gasteiger partial charge in [-0.15, -0.1) is 0 Å². The van der Waals surface area contributed by atoms with E-state index >= 15 is 0 Å². The van der Waals surface area contributed by atoms with Crippen molar-refractivity contribution in [3.8, 4) is 0 Å². The number of nitrogens with one attached hydrogen (secondary N) is 1. The Balaban J connectivity index is 2.27. The first-order valence-electron chi connectivity index (χ1n) is 6.79. The number of hydrogen-bond donors (Lipinski definition) is 1. The Morgan fingerprint density at radius 2 is 2.00 bits per heavy atom. The van der Waals surface area contributed by atoms with Gasteiger partial charge < -0.3 is 9.64 Å². The molecule has 22 heavy (non-hydrogen) atoms. The fourth-order valence-corrected chi connectivity index (χ4v) is 2.25. The molecule has 0 saturated carbocycles. The monoisotopic (exact) mass is 323 g/mol. The maximum atomic E-state index is 12.4. The minimum Gasteiger partial charge on any atom is -0.444 e. The van der Waals surface area contributed by atoms with Crippen molar-refractivity contribution >= 4 is 34.5 Å². The molecule has 118 valence electrons. The summed E-state index contributed by atoms with van der Waals surface area (Å²) in [6.45, 7) is 5.21. The number of carbonyl (C=O) groups is 2. The van der Waals surface area contributed by atoms with Crippen LogP contribution in [-0.4, -0.2) is 36.0 Å². The first-order valence-corrected chi connectivity index (χ1v) is 7.16.